The first-order valence-corrected chi connectivity index (χ1v) is 17.0. The molecule has 2 nitrogen and oxygen atoms in total. The molecule has 0 aliphatic heterocycles. The highest BCUT2D eigenvalue weighted by atomic mass is 15.0. The molecule has 2 fully saturated rings. The minimum atomic E-state index is 0.198. The molecule has 0 N–H and O–H groups in total. The molecule has 6 aromatic carbocycles. The molecule has 0 amide bonds. The molecule has 220 valence electrons. The average Bonchev–Trinajstić information content (AvgIpc) is 3.85. The van der Waals surface area contributed by atoms with Crippen LogP contribution in [-0.4, -0.2) is 9.13 Å². The number of aromatic nitrogens is 2. The van der Waals surface area contributed by atoms with Gasteiger partial charge in [0.25, 0.3) is 0 Å². The number of hydrogen-bond acceptors (Lipinski definition) is 0. The number of hydrogen-bond donors (Lipinski definition) is 0. The fourth-order valence-electron chi connectivity index (χ4n) is 10.7. The lowest BCUT2D eigenvalue weighted by Crippen LogP contribution is -2.43. The van der Waals surface area contributed by atoms with E-state index in [0.717, 1.165) is 0 Å². The lowest BCUT2D eigenvalue weighted by molar-refractivity contribution is 0.299. The van der Waals surface area contributed by atoms with E-state index in [1.54, 1.807) is 11.1 Å². The number of nitrogens with zero attached hydrogens (tertiary/aromatic N) is 2. The third kappa shape index (κ3) is 2.94. The van der Waals surface area contributed by atoms with E-state index >= 15 is 0 Å². The van der Waals surface area contributed by atoms with Crippen molar-refractivity contribution in [1.82, 2.24) is 9.13 Å². The summed E-state index contributed by atoms with van der Waals surface area (Å²) in [5.41, 5.74) is 14.2. The van der Waals surface area contributed by atoms with Crippen LogP contribution in [0.4, 0.5) is 0 Å². The number of fused-ring (bicyclic) bond motifs is 9. The smallest absolute Gasteiger partial charge is 0.0541 e. The molecule has 8 aromatic rings. The van der Waals surface area contributed by atoms with Crippen molar-refractivity contribution in [2.45, 2.75) is 49.4 Å². The van der Waals surface area contributed by atoms with E-state index in [0.29, 0.717) is 0 Å². The van der Waals surface area contributed by atoms with Gasteiger partial charge in [0, 0.05) is 43.7 Å². The summed E-state index contributed by atoms with van der Waals surface area (Å²) in [5, 5.41) is 5.31. The zero-order valence-electron chi connectivity index (χ0n) is 25.8. The van der Waals surface area contributed by atoms with E-state index in [4.69, 9.17) is 0 Å². The Morgan fingerprint density at radius 3 is 1.04 bits per heavy atom. The standard InChI is InChI=1S/C44H34N2/c1-5-15-39-33(11-1)34-12-2-6-16-40(34)45(39)29-19-21-31-32-22-20-30(46-41-17-7-3-13-35(41)36-14-4-8-18-42(36)46)28-38(32)44-25-9-23-43(44,24-10-26-44)37(31)27-29/h1-8,11-22,27-28H,9-10,23-26H2. The molecule has 2 heterocycles. The molecule has 11 rings (SSSR count). The Morgan fingerprint density at radius 2 is 0.696 bits per heavy atom. The highest BCUT2D eigenvalue weighted by Gasteiger charge is 2.62. The second-order valence-electron chi connectivity index (χ2n) is 14.1. The van der Waals surface area contributed by atoms with E-state index in [2.05, 4.69) is 143 Å². The molecule has 3 aliphatic carbocycles. The van der Waals surface area contributed by atoms with Gasteiger partial charge in [0.2, 0.25) is 0 Å². The molecule has 2 aromatic heterocycles. The highest BCUT2D eigenvalue weighted by molar-refractivity contribution is 6.10. The van der Waals surface area contributed by atoms with Crippen molar-refractivity contribution in [2.24, 2.45) is 0 Å². The maximum Gasteiger partial charge on any atom is 0.0541 e. The molecule has 0 unspecified atom stereocenters. The van der Waals surface area contributed by atoms with Crippen molar-refractivity contribution in [1.29, 1.82) is 0 Å². The third-order valence-corrected chi connectivity index (χ3v) is 12.3. The van der Waals surface area contributed by atoms with Crippen LogP contribution in [-0.2, 0) is 10.8 Å². The van der Waals surface area contributed by atoms with Crippen molar-refractivity contribution in [3.05, 3.63) is 145 Å². The van der Waals surface area contributed by atoms with Gasteiger partial charge < -0.3 is 9.13 Å². The Bertz CT molecular complexity index is 2260. The Hall–Kier alpha value is -5.08. The lowest BCUT2D eigenvalue weighted by Gasteiger charge is -2.48. The highest BCUT2D eigenvalue weighted by Crippen LogP contribution is 2.69. The van der Waals surface area contributed by atoms with Crippen LogP contribution in [0.2, 0.25) is 0 Å². The Morgan fingerprint density at radius 1 is 0.370 bits per heavy atom. The third-order valence-electron chi connectivity index (χ3n) is 12.3. The quantitative estimate of drug-likeness (QED) is 0.190. The van der Waals surface area contributed by atoms with Crippen molar-refractivity contribution in [2.75, 3.05) is 0 Å². The van der Waals surface area contributed by atoms with Crippen LogP contribution >= 0.6 is 0 Å². The van der Waals surface area contributed by atoms with Gasteiger partial charge in [0.1, 0.15) is 0 Å². The zero-order valence-corrected chi connectivity index (χ0v) is 25.8. The molecular weight excluding hydrogens is 556 g/mol. The van der Waals surface area contributed by atoms with Crippen LogP contribution in [0, 0.1) is 0 Å². The SMILES string of the molecule is c1ccc2c(c1)c1ccccc1n2-c1ccc2c(c1)C13CCCC1(CCC3)c1cc(-n3c4ccccc4c4ccccc43)ccc1-2. The topological polar surface area (TPSA) is 9.86 Å². The monoisotopic (exact) mass is 590 g/mol. The molecular formula is C44H34N2. The van der Waals surface area contributed by atoms with Gasteiger partial charge in [-0.3, -0.25) is 0 Å². The molecule has 0 atom stereocenters. The van der Waals surface area contributed by atoms with Crippen LogP contribution in [0.3, 0.4) is 0 Å². The van der Waals surface area contributed by atoms with Gasteiger partial charge >= 0.3 is 0 Å². The summed E-state index contributed by atoms with van der Waals surface area (Å²) in [5.74, 6) is 0. The first-order chi connectivity index (χ1) is 22.8. The fraction of sp³-hybridized carbons (Fsp3) is 0.182. The predicted molar refractivity (Wildman–Crippen MR) is 192 cm³/mol. The minimum Gasteiger partial charge on any atom is -0.309 e. The zero-order chi connectivity index (χ0) is 30.0. The van der Waals surface area contributed by atoms with Crippen molar-refractivity contribution in [3.8, 4) is 22.5 Å². The van der Waals surface area contributed by atoms with Gasteiger partial charge in [0.15, 0.2) is 0 Å². The van der Waals surface area contributed by atoms with Crippen LogP contribution in [0.5, 0.6) is 0 Å². The van der Waals surface area contributed by atoms with E-state index in [-0.39, 0.29) is 10.8 Å². The Balaban J connectivity index is 1.18. The second-order valence-corrected chi connectivity index (χ2v) is 14.1. The molecule has 0 spiro atoms. The van der Waals surface area contributed by atoms with Gasteiger partial charge in [-0.05, 0) is 96.5 Å². The van der Waals surface area contributed by atoms with Gasteiger partial charge in [-0.1, -0.05) is 97.8 Å². The number of rotatable bonds is 2. The molecule has 3 aliphatic rings. The minimum absolute atomic E-state index is 0.198. The Kier molecular flexibility index (Phi) is 4.81. The molecule has 2 saturated carbocycles. The van der Waals surface area contributed by atoms with E-state index in [1.165, 1.54) is 105 Å². The maximum atomic E-state index is 2.60. The first-order valence-electron chi connectivity index (χ1n) is 17.0. The summed E-state index contributed by atoms with van der Waals surface area (Å²) in [4.78, 5) is 0. The average molecular weight is 591 g/mol. The lowest BCUT2D eigenvalue weighted by atomic mass is 9.55. The van der Waals surface area contributed by atoms with Crippen molar-refractivity contribution in [3.63, 3.8) is 0 Å². The molecule has 2 heteroatoms. The first kappa shape index (κ1) is 25.2. The summed E-state index contributed by atoms with van der Waals surface area (Å²) in [6, 6.07) is 50.5. The van der Waals surface area contributed by atoms with Gasteiger partial charge in [0.05, 0.1) is 22.1 Å². The van der Waals surface area contributed by atoms with E-state index < -0.39 is 0 Å². The number of para-hydroxylation sites is 4. The summed E-state index contributed by atoms with van der Waals surface area (Å²) < 4.78 is 5.02. The van der Waals surface area contributed by atoms with Crippen molar-refractivity contribution < 1.29 is 0 Å². The molecule has 0 radical (unpaired) electrons. The summed E-state index contributed by atoms with van der Waals surface area (Å²) in [6.07, 6.45) is 7.76. The van der Waals surface area contributed by atoms with Gasteiger partial charge in [-0.25, -0.2) is 0 Å². The summed E-state index contributed by atoms with van der Waals surface area (Å²) in [7, 11) is 0. The predicted octanol–water partition coefficient (Wildman–Crippen LogP) is 11.4. The van der Waals surface area contributed by atoms with Gasteiger partial charge in [-0.15, -0.1) is 0 Å². The molecule has 46 heavy (non-hydrogen) atoms. The largest absolute Gasteiger partial charge is 0.309 e. The summed E-state index contributed by atoms with van der Waals surface area (Å²) >= 11 is 0. The van der Waals surface area contributed by atoms with Crippen molar-refractivity contribution >= 4 is 43.6 Å². The van der Waals surface area contributed by atoms with Gasteiger partial charge in [-0.2, -0.15) is 0 Å². The fourth-order valence-corrected chi connectivity index (χ4v) is 10.7. The normalized spacial score (nSPS) is 21.6. The van der Waals surface area contributed by atoms with E-state index in [9.17, 15) is 0 Å². The van der Waals surface area contributed by atoms with E-state index in [1.807, 2.05) is 0 Å². The van der Waals surface area contributed by atoms with Crippen LogP contribution in [0.25, 0.3) is 66.1 Å². The molecule has 0 bridgehead atoms. The van der Waals surface area contributed by atoms with Crippen LogP contribution in [0.15, 0.2) is 133 Å². The number of benzene rings is 6. The molecule has 0 saturated heterocycles. The summed E-state index contributed by atoms with van der Waals surface area (Å²) in [6.45, 7) is 0. The second kappa shape index (κ2) is 8.79. The van der Waals surface area contributed by atoms with Crippen LogP contribution in [0.1, 0.15) is 49.7 Å². The Labute approximate surface area is 268 Å². The maximum absolute atomic E-state index is 2.60. The van der Waals surface area contributed by atoms with Crippen LogP contribution < -0.4 is 0 Å².